The summed E-state index contributed by atoms with van der Waals surface area (Å²) in [4.78, 5) is 42.7. The summed E-state index contributed by atoms with van der Waals surface area (Å²) in [5.41, 5.74) is 1.57. The largest absolute Gasteiger partial charge is 0.481 e. The van der Waals surface area contributed by atoms with E-state index in [1.165, 1.54) is 11.3 Å². The minimum Gasteiger partial charge on any atom is -0.481 e. The molecular formula is C34H39Cl2N3O5S. The zero-order valence-corrected chi connectivity index (χ0v) is 27.7. The summed E-state index contributed by atoms with van der Waals surface area (Å²) in [5.74, 6) is -0.677. The van der Waals surface area contributed by atoms with Gasteiger partial charge in [0.1, 0.15) is 0 Å². The summed E-state index contributed by atoms with van der Waals surface area (Å²) >= 11 is 14.8. The summed E-state index contributed by atoms with van der Waals surface area (Å²) in [6.45, 7) is 5.42. The second kappa shape index (κ2) is 14.0. The van der Waals surface area contributed by atoms with E-state index in [2.05, 4.69) is 17.1 Å². The van der Waals surface area contributed by atoms with Crippen LogP contribution in [0.25, 0.3) is 10.1 Å². The number of halogens is 2. The summed E-state index contributed by atoms with van der Waals surface area (Å²) in [6.07, 6.45) is 4.83. The maximum Gasteiger partial charge on any atom is 0.306 e. The molecule has 3 heterocycles. The molecular weight excluding hydrogens is 633 g/mol. The number of thiophene rings is 1. The number of anilines is 1. The fourth-order valence-corrected chi connectivity index (χ4v) is 8.48. The van der Waals surface area contributed by atoms with Crippen LogP contribution < -0.4 is 5.32 Å². The van der Waals surface area contributed by atoms with E-state index >= 15 is 0 Å². The highest BCUT2D eigenvalue weighted by molar-refractivity contribution is 7.17. The molecule has 2 N–H and O–H groups in total. The lowest BCUT2D eigenvalue weighted by Gasteiger charge is -2.30. The lowest BCUT2D eigenvalue weighted by molar-refractivity contribution is -0.144. The van der Waals surface area contributed by atoms with Gasteiger partial charge in [-0.05, 0) is 74.8 Å². The Labute approximate surface area is 277 Å². The third-order valence-electron chi connectivity index (χ3n) is 9.68. The molecule has 0 spiro atoms. The summed E-state index contributed by atoms with van der Waals surface area (Å²) in [7, 11) is 0. The van der Waals surface area contributed by atoms with Crippen LogP contribution in [-0.4, -0.2) is 77.1 Å². The Kier molecular flexibility index (Phi) is 10.0. The number of carbonyl (C=O) groups excluding carboxylic acids is 2. The molecule has 3 aromatic rings. The fraction of sp³-hybridized carbons (Fsp3) is 0.500. The van der Waals surface area contributed by atoms with Crippen molar-refractivity contribution in [3.63, 3.8) is 0 Å². The van der Waals surface area contributed by atoms with E-state index in [0.717, 1.165) is 48.9 Å². The molecule has 0 radical (unpaired) electrons. The molecule has 11 heteroatoms. The smallest absolute Gasteiger partial charge is 0.306 e. The fourth-order valence-electron chi connectivity index (χ4n) is 7.07. The number of likely N-dealkylation sites (tertiary alicyclic amines) is 2. The number of fused-ring (bicyclic) bond motifs is 1. The van der Waals surface area contributed by atoms with Gasteiger partial charge in [0.15, 0.2) is 0 Å². The van der Waals surface area contributed by atoms with Gasteiger partial charge in [0.05, 0.1) is 47.4 Å². The van der Waals surface area contributed by atoms with Crippen LogP contribution in [0.15, 0.2) is 41.8 Å². The van der Waals surface area contributed by atoms with Crippen molar-refractivity contribution < 1.29 is 24.2 Å². The monoisotopic (exact) mass is 671 g/mol. The molecule has 1 aliphatic carbocycles. The number of nitrogens with zero attached hydrogens (tertiary/aromatic N) is 2. The highest BCUT2D eigenvalue weighted by Gasteiger charge is 2.40. The maximum atomic E-state index is 13.8. The number of hydrogen-bond acceptors (Lipinski definition) is 6. The first kappa shape index (κ1) is 32.3. The number of benzene rings is 2. The standard InChI is InChI=1S/C34H39Cl2N3O5S/c1-20-10-11-38(16-20)23-14-24(18-44-25-8-6-21(7-9-25)34(42)43)39(17-23)32(40)13-22-12-29(36)30(15-28(22)35)37-33(41)27-19-45-31-5-3-2-4-26(27)31/h2-5,12,15,19-21,23-25H,6-11,13-14,16-18H2,1H3,(H,37,41)(H,42,43)/t20-,21?,23+,24+,25?/m1/s1. The molecule has 1 aromatic heterocycles. The Morgan fingerprint density at radius 2 is 1.82 bits per heavy atom. The molecule has 0 bridgehead atoms. The second-order valence-corrected chi connectivity index (χ2v) is 14.5. The van der Waals surface area contributed by atoms with E-state index in [0.29, 0.717) is 58.8 Å². The molecule has 2 amide bonds. The highest BCUT2D eigenvalue weighted by Crippen LogP contribution is 2.34. The number of hydrogen-bond donors (Lipinski definition) is 2. The number of carbonyl (C=O) groups is 3. The van der Waals surface area contributed by atoms with Crippen LogP contribution in [0.4, 0.5) is 5.69 Å². The first-order valence-corrected chi connectivity index (χ1v) is 17.4. The molecule has 2 aromatic carbocycles. The van der Waals surface area contributed by atoms with Crippen molar-refractivity contribution in [1.82, 2.24) is 9.80 Å². The van der Waals surface area contributed by atoms with Crippen LogP contribution in [0.3, 0.4) is 0 Å². The number of amides is 2. The number of rotatable bonds is 9. The van der Waals surface area contributed by atoms with Gasteiger partial charge in [0.25, 0.3) is 5.91 Å². The van der Waals surface area contributed by atoms with E-state index in [4.69, 9.17) is 27.9 Å². The van der Waals surface area contributed by atoms with Crippen LogP contribution in [0, 0.1) is 11.8 Å². The number of carboxylic acids is 1. The van der Waals surface area contributed by atoms with Crippen LogP contribution in [0.2, 0.25) is 10.0 Å². The average molecular weight is 673 g/mol. The van der Waals surface area contributed by atoms with E-state index in [-0.39, 0.29) is 42.3 Å². The Bertz CT molecular complexity index is 1570. The first-order valence-electron chi connectivity index (χ1n) is 15.8. The lowest BCUT2D eigenvalue weighted by atomic mass is 9.87. The normalized spacial score (nSPS) is 25.6. The molecule has 3 aliphatic rings. The molecule has 1 saturated carbocycles. The third kappa shape index (κ3) is 7.33. The predicted molar refractivity (Wildman–Crippen MR) is 179 cm³/mol. The van der Waals surface area contributed by atoms with Gasteiger partial charge in [-0.25, -0.2) is 0 Å². The Balaban J connectivity index is 1.12. The van der Waals surface area contributed by atoms with Gasteiger partial charge in [0, 0.05) is 39.6 Å². The van der Waals surface area contributed by atoms with Crippen LogP contribution >= 0.6 is 34.5 Å². The van der Waals surface area contributed by atoms with Crippen LogP contribution in [-0.2, 0) is 20.7 Å². The van der Waals surface area contributed by atoms with Crippen molar-refractivity contribution in [2.24, 2.45) is 11.8 Å². The number of carboxylic acid groups (broad SMARTS) is 1. The average Bonchev–Trinajstić information content (AvgIpc) is 3.77. The van der Waals surface area contributed by atoms with E-state index < -0.39 is 5.97 Å². The lowest BCUT2D eigenvalue weighted by Crippen LogP contribution is -2.41. The Hall–Kier alpha value is -2.69. The van der Waals surface area contributed by atoms with Gasteiger partial charge >= 0.3 is 5.97 Å². The first-order chi connectivity index (χ1) is 21.7. The van der Waals surface area contributed by atoms with Crippen LogP contribution in [0.5, 0.6) is 0 Å². The van der Waals surface area contributed by atoms with Crippen molar-refractivity contribution >= 4 is 68.1 Å². The second-order valence-electron chi connectivity index (χ2n) is 12.8. The third-order valence-corrected chi connectivity index (χ3v) is 11.3. The van der Waals surface area contributed by atoms with Gasteiger partial charge in [-0.15, -0.1) is 11.3 Å². The molecule has 0 unspecified atom stereocenters. The van der Waals surface area contributed by atoms with Gasteiger partial charge in [-0.2, -0.15) is 0 Å². The van der Waals surface area contributed by atoms with Crippen molar-refractivity contribution in [3.8, 4) is 0 Å². The van der Waals surface area contributed by atoms with Gasteiger partial charge in [-0.1, -0.05) is 48.3 Å². The molecule has 3 atom stereocenters. The molecule has 3 fully saturated rings. The SMILES string of the molecule is C[C@@H]1CCN([C@H]2C[C@@H](COC3CCC(C(=O)O)CC3)N(C(=O)Cc3cc(Cl)c(NC(=O)c4csc5ccccc45)cc3Cl)C2)C1. The molecule has 8 nitrogen and oxygen atoms in total. The predicted octanol–water partition coefficient (Wildman–Crippen LogP) is 6.97. The minimum atomic E-state index is -0.728. The molecule has 240 valence electrons. The van der Waals surface area contributed by atoms with E-state index in [1.807, 2.05) is 34.5 Å². The number of nitrogens with one attached hydrogen (secondary N) is 1. The summed E-state index contributed by atoms with van der Waals surface area (Å²) in [6, 6.07) is 11.2. The van der Waals surface area contributed by atoms with Crippen molar-refractivity contribution in [3.05, 3.63) is 63.0 Å². The van der Waals surface area contributed by atoms with Crippen molar-refractivity contribution in [2.45, 2.75) is 70.1 Å². The molecule has 2 saturated heterocycles. The summed E-state index contributed by atoms with van der Waals surface area (Å²) in [5, 5.41) is 15.6. The Morgan fingerprint density at radius 3 is 2.56 bits per heavy atom. The number of ether oxygens (including phenoxy) is 1. The minimum absolute atomic E-state index is 0.0199. The van der Waals surface area contributed by atoms with E-state index in [1.54, 1.807) is 12.1 Å². The Morgan fingerprint density at radius 1 is 1.04 bits per heavy atom. The van der Waals surface area contributed by atoms with Gasteiger partial charge in [0.2, 0.25) is 5.91 Å². The molecule has 2 aliphatic heterocycles. The quantitative estimate of drug-likeness (QED) is 0.255. The zero-order chi connectivity index (χ0) is 31.7. The van der Waals surface area contributed by atoms with Crippen molar-refractivity contribution in [1.29, 1.82) is 0 Å². The highest BCUT2D eigenvalue weighted by atomic mass is 35.5. The van der Waals surface area contributed by atoms with Gasteiger partial charge in [-0.3, -0.25) is 19.3 Å². The molecule has 6 rings (SSSR count). The van der Waals surface area contributed by atoms with Crippen molar-refractivity contribution in [2.75, 3.05) is 31.6 Å². The van der Waals surface area contributed by atoms with Crippen LogP contribution in [0.1, 0.15) is 61.4 Å². The van der Waals surface area contributed by atoms with E-state index in [9.17, 15) is 19.5 Å². The summed E-state index contributed by atoms with van der Waals surface area (Å²) < 4.78 is 7.34. The number of aliphatic carboxylic acids is 1. The molecule has 45 heavy (non-hydrogen) atoms. The zero-order valence-electron chi connectivity index (χ0n) is 25.3. The maximum absolute atomic E-state index is 13.8. The topological polar surface area (TPSA) is 99.2 Å². The van der Waals surface area contributed by atoms with Gasteiger partial charge < -0.3 is 20.1 Å².